The first-order valence-electron chi connectivity index (χ1n) is 8.18. The lowest BCUT2D eigenvalue weighted by atomic mass is 10.1. The van der Waals surface area contributed by atoms with Crippen LogP contribution in [0.4, 0.5) is 16.2 Å². The quantitative estimate of drug-likeness (QED) is 0.904. The highest BCUT2D eigenvalue weighted by Crippen LogP contribution is 2.28. The summed E-state index contributed by atoms with van der Waals surface area (Å²) in [4.78, 5) is 14.4. The van der Waals surface area contributed by atoms with E-state index in [-0.39, 0.29) is 18.2 Å². The smallest absolute Gasteiger partial charge is 0.319 e. The molecular weight excluding hydrogens is 306 g/mol. The number of anilines is 2. The third-order valence-electron chi connectivity index (χ3n) is 3.92. The SMILES string of the molecule is CC1CN(c2ccccc2NC(=O)NCc2ccco2)CC(C)O1. The number of nitrogens with one attached hydrogen (secondary N) is 2. The molecule has 3 rings (SSSR count). The van der Waals surface area contributed by atoms with Crippen molar-refractivity contribution in [2.45, 2.75) is 32.6 Å². The Balaban J connectivity index is 1.66. The van der Waals surface area contributed by atoms with E-state index in [0.717, 1.165) is 24.5 Å². The molecule has 2 unspecified atom stereocenters. The maximum Gasteiger partial charge on any atom is 0.319 e. The Morgan fingerprint density at radius 3 is 2.62 bits per heavy atom. The van der Waals surface area contributed by atoms with E-state index in [2.05, 4.69) is 29.4 Å². The van der Waals surface area contributed by atoms with E-state index in [0.29, 0.717) is 12.3 Å². The van der Waals surface area contributed by atoms with Crippen molar-refractivity contribution < 1.29 is 13.9 Å². The van der Waals surface area contributed by atoms with Crippen molar-refractivity contribution in [3.05, 3.63) is 48.4 Å². The number of nitrogens with zero attached hydrogens (tertiary/aromatic N) is 1. The molecule has 24 heavy (non-hydrogen) atoms. The fraction of sp³-hybridized carbons (Fsp3) is 0.389. The third kappa shape index (κ3) is 4.08. The number of para-hydroxylation sites is 2. The van der Waals surface area contributed by atoms with Crippen molar-refractivity contribution in [1.29, 1.82) is 0 Å². The van der Waals surface area contributed by atoms with E-state index >= 15 is 0 Å². The van der Waals surface area contributed by atoms with Gasteiger partial charge in [-0.15, -0.1) is 0 Å². The van der Waals surface area contributed by atoms with Crippen LogP contribution in [-0.2, 0) is 11.3 Å². The van der Waals surface area contributed by atoms with Gasteiger partial charge in [0, 0.05) is 13.1 Å². The van der Waals surface area contributed by atoms with Gasteiger partial charge >= 0.3 is 6.03 Å². The van der Waals surface area contributed by atoms with Gasteiger partial charge in [-0.2, -0.15) is 0 Å². The van der Waals surface area contributed by atoms with Crippen LogP contribution in [0.15, 0.2) is 47.1 Å². The van der Waals surface area contributed by atoms with Gasteiger partial charge in [-0.1, -0.05) is 12.1 Å². The minimum absolute atomic E-state index is 0.162. The Kier molecular flexibility index (Phi) is 5.05. The van der Waals surface area contributed by atoms with Crippen LogP contribution in [-0.4, -0.2) is 31.3 Å². The van der Waals surface area contributed by atoms with Gasteiger partial charge in [0.1, 0.15) is 5.76 Å². The lowest BCUT2D eigenvalue weighted by Gasteiger charge is -2.37. The zero-order chi connectivity index (χ0) is 16.9. The molecule has 2 N–H and O–H groups in total. The first-order valence-corrected chi connectivity index (χ1v) is 8.18. The highest BCUT2D eigenvalue weighted by atomic mass is 16.5. The molecule has 1 aromatic carbocycles. The molecule has 1 aliphatic heterocycles. The molecule has 1 aromatic heterocycles. The number of amides is 2. The van der Waals surface area contributed by atoms with E-state index in [9.17, 15) is 4.79 Å². The Hall–Kier alpha value is -2.47. The molecule has 2 amide bonds. The topological polar surface area (TPSA) is 66.7 Å². The number of urea groups is 1. The van der Waals surface area contributed by atoms with Crippen LogP contribution in [0.5, 0.6) is 0 Å². The molecule has 0 aliphatic carbocycles. The van der Waals surface area contributed by atoms with Crippen molar-refractivity contribution in [3.8, 4) is 0 Å². The van der Waals surface area contributed by atoms with Crippen molar-refractivity contribution in [2.75, 3.05) is 23.3 Å². The second kappa shape index (κ2) is 7.40. The molecule has 2 heterocycles. The molecule has 128 valence electrons. The normalized spacial score (nSPS) is 20.7. The summed E-state index contributed by atoms with van der Waals surface area (Å²) in [6, 6.07) is 11.2. The van der Waals surface area contributed by atoms with E-state index in [1.807, 2.05) is 30.3 Å². The van der Waals surface area contributed by atoms with Crippen molar-refractivity contribution in [2.24, 2.45) is 0 Å². The van der Waals surface area contributed by atoms with Crippen molar-refractivity contribution in [3.63, 3.8) is 0 Å². The van der Waals surface area contributed by atoms with Crippen LogP contribution in [0.1, 0.15) is 19.6 Å². The van der Waals surface area contributed by atoms with Crippen molar-refractivity contribution in [1.82, 2.24) is 5.32 Å². The molecular formula is C18H23N3O3. The number of carbonyl (C=O) groups excluding carboxylic acids is 1. The van der Waals surface area contributed by atoms with Crippen LogP contribution in [0.3, 0.4) is 0 Å². The summed E-state index contributed by atoms with van der Waals surface area (Å²) in [5, 5.41) is 5.72. The van der Waals surface area contributed by atoms with E-state index < -0.39 is 0 Å². The summed E-state index contributed by atoms with van der Waals surface area (Å²) < 4.78 is 11.0. The van der Waals surface area contributed by atoms with Gasteiger partial charge in [-0.05, 0) is 38.1 Å². The second-order valence-corrected chi connectivity index (χ2v) is 6.07. The van der Waals surface area contributed by atoms with Gasteiger partial charge in [-0.3, -0.25) is 0 Å². The van der Waals surface area contributed by atoms with Gasteiger partial charge in [0.05, 0.1) is 36.4 Å². The van der Waals surface area contributed by atoms with Gasteiger partial charge in [-0.25, -0.2) is 4.79 Å². The number of morpholine rings is 1. The number of benzene rings is 1. The Morgan fingerprint density at radius 1 is 1.17 bits per heavy atom. The van der Waals surface area contributed by atoms with Gasteiger partial charge < -0.3 is 24.7 Å². The third-order valence-corrected chi connectivity index (χ3v) is 3.92. The molecule has 1 aliphatic rings. The number of rotatable bonds is 4. The van der Waals surface area contributed by atoms with Gasteiger partial charge in [0.25, 0.3) is 0 Å². The minimum Gasteiger partial charge on any atom is -0.467 e. The predicted octanol–water partition coefficient (Wildman–Crippen LogP) is 3.21. The molecule has 0 saturated carbocycles. The summed E-state index contributed by atoms with van der Waals surface area (Å²) >= 11 is 0. The Labute approximate surface area is 141 Å². The summed E-state index contributed by atoms with van der Waals surface area (Å²) in [6.07, 6.45) is 1.91. The van der Waals surface area contributed by atoms with Crippen LogP contribution in [0, 0.1) is 0 Å². The molecule has 6 nitrogen and oxygen atoms in total. The molecule has 0 spiro atoms. The Bertz CT molecular complexity index is 662. The zero-order valence-corrected chi connectivity index (χ0v) is 14.0. The minimum atomic E-state index is -0.256. The van der Waals surface area contributed by atoms with Crippen LogP contribution in [0.2, 0.25) is 0 Å². The molecule has 2 atom stereocenters. The standard InChI is InChI=1S/C18H23N3O3/c1-13-11-21(12-14(2)24-13)17-8-4-3-7-16(17)20-18(22)19-10-15-6-5-9-23-15/h3-9,13-14H,10-12H2,1-2H3,(H2,19,20,22). The second-order valence-electron chi connectivity index (χ2n) is 6.07. The Morgan fingerprint density at radius 2 is 1.92 bits per heavy atom. The maximum absolute atomic E-state index is 12.2. The van der Waals surface area contributed by atoms with E-state index in [4.69, 9.17) is 9.15 Å². The highest BCUT2D eigenvalue weighted by Gasteiger charge is 2.24. The number of hydrogen-bond donors (Lipinski definition) is 2. The number of ether oxygens (including phenoxy) is 1. The summed E-state index contributed by atoms with van der Waals surface area (Å²) in [5.74, 6) is 0.717. The lowest BCUT2D eigenvalue weighted by molar-refractivity contribution is -0.00517. The molecule has 6 heteroatoms. The first kappa shape index (κ1) is 16.4. The predicted molar refractivity (Wildman–Crippen MR) is 93.2 cm³/mol. The number of carbonyl (C=O) groups is 1. The molecule has 2 aromatic rings. The molecule has 1 saturated heterocycles. The maximum atomic E-state index is 12.2. The van der Waals surface area contributed by atoms with Crippen molar-refractivity contribution >= 4 is 17.4 Å². The zero-order valence-electron chi connectivity index (χ0n) is 14.0. The molecule has 0 radical (unpaired) electrons. The van der Waals surface area contributed by atoms with Crippen LogP contribution < -0.4 is 15.5 Å². The fourth-order valence-corrected chi connectivity index (χ4v) is 2.98. The van der Waals surface area contributed by atoms with Crippen LogP contribution >= 0.6 is 0 Å². The summed E-state index contributed by atoms with van der Waals surface area (Å²) in [5.41, 5.74) is 1.79. The van der Waals surface area contributed by atoms with Crippen LogP contribution in [0.25, 0.3) is 0 Å². The average Bonchev–Trinajstić information content (AvgIpc) is 3.06. The molecule has 1 fully saturated rings. The average molecular weight is 329 g/mol. The van der Waals surface area contributed by atoms with Gasteiger partial charge in [0.15, 0.2) is 0 Å². The highest BCUT2D eigenvalue weighted by molar-refractivity contribution is 5.93. The van der Waals surface area contributed by atoms with E-state index in [1.54, 1.807) is 12.3 Å². The number of hydrogen-bond acceptors (Lipinski definition) is 4. The summed E-state index contributed by atoms with van der Waals surface area (Å²) in [7, 11) is 0. The fourth-order valence-electron chi connectivity index (χ4n) is 2.98. The molecule has 0 bridgehead atoms. The lowest BCUT2D eigenvalue weighted by Crippen LogP contribution is -2.45. The first-order chi connectivity index (χ1) is 11.6. The number of furan rings is 1. The summed E-state index contributed by atoms with van der Waals surface area (Å²) in [6.45, 7) is 6.09. The van der Waals surface area contributed by atoms with Gasteiger partial charge in [0.2, 0.25) is 0 Å². The van der Waals surface area contributed by atoms with E-state index in [1.165, 1.54) is 0 Å². The monoisotopic (exact) mass is 329 g/mol. The largest absolute Gasteiger partial charge is 0.467 e.